The number of rotatable bonds is 1. The Morgan fingerprint density at radius 3 is 2.73 bits per heavy atom. The summed E-state index contributed by atoms with van der Waals surface area (Å²) in [5.74, 6) is 0.770. The maximum atomic E-state index is 5.82. The number of nitrogens with zero attached hydrogens (tertiary/aromatic N) is 4. The van der Waals surface area contributed by atoms with Gasteiger partial charge in [-0.2, -0.15) is 9.78 Å². The van der Waals surface area contributed by atoms with E-state index >= 15 is 0 Å². The molecule has 0 aliphatic carbocycles. The fourth-order valence-corrected chi connectivity index (χ4v) is 2.76. The highest BCUT2D eigenvalue weighted by Crippen LogP contribution is 2.24. The van der Waals surface area contributed by atoms with Crippen LogP contribution >= 0.6 is 0 Å². The summed E-state index contributed by atoms with van der Waals surface area (Å²) in [7, 11) is 0. The molecule has 1 aromatic carbocycles. The van der Waals surface area contributed by atoms with E-state index in [0.29, 0.717) is 5.69 Å². The number of benzene rings is 1. The summed E-state index contributed by atoms with van der Waals surface area (Å²) in [6.07, 6.45) is 1.65. The van der Waals surface area contributed by atoms with Crippen LogP contribution in [0.25, 0.3) is 27.8 Å². The summed E-state index contributed by atoms with van der Waals surface area (Å²) in [6, 6.07) is 12.0. The number of nitrogen functional groups attached to an aromatic ring is 1. The van der Waals surface area contributed by atoms with Crippen molar-refractivity contribution in [3.8, 4) is 5.82 Å². The zero-order chi connectivity index (χ0) is 15.3. The molecule has 0 aliphatic heterocycles. The number of para-hydroxylation sites is 1. The summed E-state index contributed by atoms with van der Waals surface area (Å²) in [6.45, 7) is 4.03. The zero-order valence-corrected chi connectivity index (χ0v) is 12.4. The minimum absolute atomic E-state index is 0.637. The van der Waals surface area contributed by atoms with Crippen LogP contribution in [0.15, 0.2) is 42.6 Å². The van der Waals surface area contributed by atoms with Crippen molar-refractivity contribution in [1.29, 1.82) is 0 Å². The molecule has 4 aromatic rings. The van der Waals surface area contributed by atoms with Gasteiger partial charge in [0.2, 0.25) is 0 Å². The third-order valence-electron chi connectivity index (χ3n) is 3.85. The van der Waals surface area contributed by atoms with Gasteiger partial charge >= 0.3 is 0 Å². The van der Waals surface area contributed by atoms with E-state index < -0.39 is 0 Å². The first-order valence-electron chi connectivity index (χ1n) is 7.11. The van der Waals surface area contributed by atoms with Gasteiger partial charge in [0.25, 0.3) is 0 Å². The van der Waals surface area contributed by atoms with E-state index in [2.05, 4.69) is 23.1 Å². The summed E-state index contributed by atoms with van der Waals surface area (Å²) in [5.41, 5.74) is 10.2. The molecular weight excluding hydrogens is 274 g/mol. The van der Waals surface area contributed by atoms with Crippen LogP contribution in [0, 0.1) is 13.8 Å². The van der Waals surface area contributed by atoms with Gasteiger partial charge in [-0.25, -0.2) is 9.97 Å². The van der Waals surface area contributed by atoms with Crippen molar-refractivity contribution in [2.45, 2.75) is 13.8 Å². The molecule has 108 valence electrons. The van der Waals surface area contributed by atoms with Gasteiger partial charge in [-0.05, 0) is 37.6 Å². The Hall–Kier alpha value is -2.95. The van der Waals surface area contributed by atoms with E-state index in [1.807, 2.05) is 37.3 Å². The smallest absolute Gasteiger partial charge is 0.165 e. The fourth-order valence-electron chi connectivity index (χ4n) is 2.76. The third kappa shape index (κ3) is 1.83. The lowest BCUT2D eigenvalue weighted by atomic mass is 10.1. The van der Waals surface area contributed by atoms with Crippen LogP contribution in [0.5, 0.6) is 0 Å². The Bertz CT molecular complexity index is 1020. The summed E-state index contributed by atoms with van der Waals surface area (Å²) >= 11 is 0. The summed E-state index contributed by atoms with van der Waals surface area (Å²) < 4.78 is 1.78. The molecule has 5 heteroatoms. The molecule has 0 amide bonds. The molecule has 0 unspecified atom stereocenters. The highest BCUT2D eigenvalue weighted by molar-refractivity contribution is 5.85. The number of hydrogen-bond acceptors (Lipinski definition) is 4. The van der Waals surface area contributed by atoms with Crippen LogP contribution in [-0.2, 0) is 0 Å². The molecule has 4 rings (SSSR count). The Morgan fingerprint density at radius 2 is 1.86 bits per heavy atom. The molecule has 0 radical (unpaired) electrons. The number of fused-ring (bicyclic) bond motifs is 2. The summed E-state index contributed by atoms with van der Waals surface area (Å²) in [4.78, 5) is 9.14. The van der Waals surface area contributed by atoms with E-state index in [9.17, 15) is 0 Å². The molecular formula is C17H15N5. The van der Waals surface area contributed by atoms with Gasteiger partial charge in [0.1, 0.15) is 0 Å². The predicted octanol–water partition coefficient (Wildman–Crippen LogP) is 3.17. The second-order valence-electron chi connectivity index (χ2n) is 5.45. The van der Waals surface area contributed by atoms with Crippen LogP contribution < -0.4 is 5.73 Å². The van der Waals surface area contributed by atoms with Gasteiger partial charge in [-0.15, -0.1) is 0 Å². The zero-order valence-electron chi connectivity index (χ0n) is 12.4. The highest BCUT2D eigenvalue weighted by atomic mass is 15.3. The van der Waals surface area contributed by atoms with Crippen LogP contribution in [-0.4, -0.2) is 19.7 Å². The molecule has 0 bridgehead atoms. The van der Waals surface area contributed by atoms with Gasteiger partial charge in [-0.1, -0.05) is 18.2 Å². The van der Waals surface area contributed by atoms with Crippen molar-refractivity contribution >= 4 is 27.6 Å². The fraction of sp³-hybridized carbons (Fsp3) is 0.118. The molecule has 2 N–H and O–H groups in total. The number of nitrogens with two attached hydrogens (primary N) is 1. The van der Waals surface area contributed by atoms with E-state index in [0.717, 1.165) is 39.0 Å². The number of pyridine rings is 2. The maximum Gasteiger partial charge on any atom is 0.165 e. The largest absolute Gasteiger partial charge is 0.397 e. The molecule has 0 saturated carbocycles. The van der Waals surface area contributed by atoms with E-state index in [-0.39, 0.29) is 0 Å². The van der Waals surface area contributed by atoms with Gasteiger partial charge < -0.3 is 5.73 Å². The van der Waals surface area contributed by atoms with E-state index in [1.54, 1.807) is 10.9 Å². The van der Waals surface area contributed by atoms with Crippen LogP contribution in [0.2, 0.25) is 0 Å². The van der Waals surface area contributed by atoms with Crippen LogP contribution in [0.1, 0.15) is 11.3 Å². The molecule has 3 heterocycles. The van der Waals surface area contributed by atoms with Crippen molar-refractivity contribution in [3.05, 3.63) is 53.9 Å². The van der Waals surface area contributed by atoms with Crippen molar-refractivity contribution in [2.24, 2.45) is 0 Å². The number of anilines is 1. The molecule has 5 nitrogen and oxygen atoms in total. The second-order valence-corrected chi connectivity index (χ2v) is 5.45. The first-order chi connectivity index (χ1) is 10.6. The van der Waals surface area contributed by atoms with Crippen LogP contribution in [0.4, 0.5) is 5.69 Å². The Labute approximate surface area is 127 Å². The molecule has 0 saturated heterocycles. The lowest BCUT2D eigenvalue weighted by Crippen LogP contribution is -2.02. The Morgan fingerprint density at radius 1 is 1.05 bits per heavy atom. The normalized spacial score (nSPS) is 11.4. The third-order valence-corrected chi connectivity index (χ3v) is 3.85. The molecule has 0 spiro atoms. The summed E-state index contributed by atoms with van der Waals surface area (Å²) in [5, 5.41) is 6.69. The average Bonchev–Trinajstić information content (AvgIpc) is 2.84. The van der Waals surface area contributed by atoms with Crippen molar-refractivity contribution in [3.63, 3.8) is 0 Å². The van der Waals surface area contributed by atoms with Gasteiger partial charge in [-0.3, -0.25) is 0 Å². The topological polar surface area (TPSA) is 69.6 Å². The SMILES string of the molecule is Cc1cc(-n2nc(C)c3cc(N)cnc32)nc2ccccc12. The molecule has 0 fully saturated rings. The number of aryl methyl sites for hydroxylation is 2. The first-order valence-corrected chi connectivity index (χ1v) is 7.11. The lowest BCUT2D eigenvalue weighted by molar-refractivity contribution is 0.851. The molecule has 0 aliphatic rings. The highest BCUT2D eigenvalue weighted by Gasteiger charge is 2.13. The monoisotopic (exact) mass is 289 g/mol. The van der Waals surface area contributed by atoms with Crippen molar-refractivity contribution < 1.29 is 0 Å². The Balaban J connectivity index is 2.03. The minimum atomic E-state index is 0.637. The van der Waals surface area contributed by atoms with Crippen LogP contribution in [0.3, 0.4) is 0 Å². The average molecular weight is 289 g/mol. The first kappa shape index (κ1) is 12.8. The molecule has 22 heavy (non-hydrogen) atoms. The quantitative estimate of drug-likeness (QED) is 0.584. The second kappa shape index (κ2) is 4.53. The Kier molecular flexibility index (Phi) is 2.63. The standard InChI is InChI=1S/C17H15N5/c1-10-7-16(20-15-6-4-3-5-13(10)15)22-17-14(11(2)21-22)8-12(18)9-19-17/h3-9H,18H2,1-2H3. The van der Waals surface area contributed by atoms with Gasteiger partial charge in [0.15, 0.2) is 11.5 Å². The van der Waals surface area contributed by atoms with E-state index in [1.165, 1.54) is 0 Å². The van der Waals surface area contributed by atoms with Crippen molar-refractivity contribution in [1.82, 2.24) is 19.7 Å². The van der Waals surface area contributed by atoms with Gasteiger partial charge in [0, 0.05) is 10.8 Å². The minimum Gasteiger partial charge on any atom is -0.397 e. The number of aromatic nitrogens is 4. The van der Waals surface area contributed by atoms with Crippen molar-refractivity contribution in [2.75, 3.05) is 5.73 Å². The lowest BCUT2D eigenvalue weighted by Gasteiger charge is -2.07. The maximum absolute atomic E-state index is 5.82. The predicted molar refractivity (Wildman–Crippen MR) is 88.1 cm³/mol. The number of hydrogen-bond donors (Lipinski definition) is 1. The molecule has 3 aromatic heterocycles. The van der Waals surface area contributed by atoms with Gasteiger partial charge in [0.05, 0.1) is 23.1 Å². The van der Waals surface area contributed by atoms with E-state index in [4.69, 9.17) is 10.7 Å². The molecule has 0 atom stereocenters.